The first-order valence-corrected chi connectivity index (χ1v) is 5.14. The average molecular weight is 225 g/mol. The van der Waals surface area contributed by atoms with Gasteiger partial charge in [0.2, 0.25) is 0 Å². The number of nitrogens with two attached hydrogens (primary N) is 1. The van der Waals surface area contributed by atoms with Crippen molar-refractivity contribution in [1.29, 1.82) is 0 Å². The maximum Gasteiger partial charge on any atom is 0.106 e. The summed E-state index contributed by atoms with van der Waals surface area (Å²) in [5, 5.41) is 11.5. The molecule has 0 aliphatic rings. The lowest BCUT2D eigenvalue weighted by molar-refractivity contribution is 0.179. The van der Waals surface area contributed by atoms with Gasteiger partial charge in [-0.05, 0) is 18.2 Å². The van der Waals surface area contributed by atoms with Crippen LogP contribution in [-0.4, -0.2) is 16.2 Å². The predicted molar refractivity (Wildman–Crippen MR) is 61.9 cm³/mol. The van der Waals surface area contributed by atoms with Crippen molar-refractivity contribution in [3.63, 3.8) is 0 Å². The Bertz CT molecular complexity index is 493. The second-order valence-electron chi connectivity index (χ2n) is 3.58. The molecule has 3 nitrogen and oxygen atoms in total. The predicted octanol–water partition coefficient (Wildman–Crippen LogP) is 1.82. The molecule has 0 fully saturated rings. The smallest absolute Gasteiger partial charge is 0.106 e. The van der Waals surface area contributed by atoms with E-state index in [2.05, 4.69) is 0 Å². The molecule has 0 aliphatic heterocycles. The lowest BCUT2D eigenvalue weighted by atomic mass is 10.2. The highest BCUT2D eigenvalue weighted by atomic mass is 35.5. The number of halogens is 1. The molecule has 2 rings (SSSR count). The zero-order valence-corrected chi connectivity index (χ0v) is 9.20. The van der Waals surface area contributed by atoms with Crippen LogP contribution in [0.2, 0.25) is 5.02 Å². The first-order chi connectivity index (χ1) is 7.13. The van der Waals surface area contributed by atoms with Gasteiger partial charge >= 0.3 is 0 Å². The van der Waals surface area contributed by atoms with Crippen LogP contribution in [0.1, 0.15) is 11.8 Å². The Balaban J connectivity index is 2.64. The maximum atomic E-state index is 9.70. The minimum absolute atomic E-state index is 0.220. The molecule has 80 valence electrons. The highest BCUT2D eigenvalue weighted by Gasteiger charge is 2.12. The summed E-state index contributed by atoms with van der Waals surface area (Å²) in [5.41, 5.74) is 7.25. The van der Waals surface area contributed by atoms with Crippen LogP contribution in [0, 0.1) is 0 Å². The first-order valence-electron chi connectivity index (χ1n) is 4.76. The Hall–Kier alpha value is -1.03. The zero-order chi connectivity index (χ0) is 11.0. The number of rotatable bonds is 2. The number of nitrogens with zero attached hydrogens (tertiary/aromatic N) is 1. The van der Waals surface area contributed by atoms with E-state index < -0.39 is 6.10 Å². The molecule has 2 aromatic rings. The summed E-state index contributed by atoms with van der Waals surface area (Å²) < 4.78 is 1.92. The van der Waals surface area contributed by atoms with E-state index in [-0.39, 0.29) is 6.54 Å². The lowest BCUT2D eigenvalue weighted by Crippen LogP contribution is -2.14. The number of benzene rings is 1. The van der Waals surface area contributed by atoms with Crippen LogP contribution in [0.4, 0.5) is 0 Å². The Labute approximate surface area is 93.1 Å². The minimum atomic E-state index is -0.624. The Morgan fingerprint density at radius 1 is 1.47 bits per heavy atom. The molecule has 0 saturated carbocycles. The van der Waals surface area contributed by atoms with Crippen LogP contribution in [-0.2, 0) is 7.05 Å². The minimum Gasteiger partial charge on any atom is -0.386 e. The number of aryl methyl sites for hydroxylation is 1. The van der Waals surface area contributed by atoms with E-state index in [9.17, 15) is 5.11 Å². The van der Waals surface area contributed by atoms with Gasteiger partial charge in [-0.1, -0.05) is 17.7 Å². The van der Waals surface area contributed by atoms with Crippen LogP contribution in [0.5, 0.6) is 0 Å². The van der Waals surface area contributed by atoms with Gasteiger partial charge in [-0.2, -0.15) is 0 Å². The van der Waals surface area contributed by atoms with Crippen molar-refractivity contribution in [3.05, 3.63) is 35.0 Å². The van der Waals surface area contributed by atoms with Crippen LogP contribution in [0.25, 0.3) is 10.9 Å². The van der Waals surface area contributed by atoms with E-state index in [0.29, 0.717) is 5.02 Å². The number of aliphatic hydroxyl groups is 1. The molecule has 15 heavy (non-hydrogen) atoms. The highest BCUT2D eigenvalue weighted by molar-refractivity contribution is 6.31. The Kier molecular flexibility index (Phi) is 2.69. The molecule has 0 radical (unpaired) electrons. The molecule has 1 aromatic heterocycles. The molecule has 4 heteroatoms. The summed E-state index contributed by atoms with van der Waals surface area (Å²) in [6.07, 6.45) is -0.624. The Morgan fingerprint density at radius 3 is 2.87 bits per heavy atom. The molecule has 0 bridgehead atoms. The summed E-state index contributed by atoms with van der Waals surface area (Å²) in [6, 6.07) is 7.58. The highest BCUT2D eigenvalue weighted by Crippen LogP contribution is 2.25. The third-order valence-electron chi connectivity index (χ3n) is 2.61. The van der Waals surface area contributed by atoms with Crippen LogP contribution in [0.3, 0.4) is 0 Å². The molecule has 0 spiro atoms. The van der Waals surface area contributed by atoms with Crippen molar-refractivity contribution in [2.75, 3.05) is 6.54 Å². The van der Waals surface area contributed by atoms with Crippen molar-refractivity contribution in [2.45, 2.75) is 6.10 Å². The third kappa shape index (κ3) is 1.74. The second-order valence-corrected chi connectivity index (χ2v) is 4.02. The van der Waals surface area contributed by atoms with Gasteiger partial charge in [-0.25, -0.2) is 0 Å². The van der Waals surface area contributed by atoms with E-state index >= 15 is 0 Å². The Morgan fingerprint density at radius 2 is 2.20 bits per heavy atom. The molecule has 3 N–H and O–H groups in total. The third-order valence-corrected chi connectivity index (χ3v) is 2.84. The normalized spacial score (nSPS) is 13.3. The van der Waals surface area contributed by atoms with E-state index in [4.69, 9.17) is 17.3 Å². The fourth-order valence-corrected chi connectivity index (χ4v) is 1.93. The number of hydrogen-bond acceptors (Lipinski definition) is 2. The second kappa shape index (κ2) is 3.85. The van der Waals surface area contributed by atoms with Crippen molar-refractivity contribution in [2.24, 2.45) is 12.8 Å². The molecule has 1 heterocycles. The van der Waals surface area contributed by atoms with Gasteiger partial charge < -0.3 is 15.4 Å². The molecule has 1 unspecified atom stereocenters. The van der Waals surface area contributed by atoms with E-state index in [1.165, 1.54) is 0 Å². The molecule has 0 amide bonds. The van der Waals surface area contributed by atoms with Crippen LogP contribution >= 0.6 is 11.6 Å². The first kappa shape index (κ1) is 10.5. The van der Waals surface area contributed by atoms with Gasteiger partial charge in [0.25, 0.3) is 0 Å². The van der Waals surface area contributed by atoms with Crippen LogP contribution < -0.4 is 5.73 Å². The monoisotopic (exact) mass is 224 g/mol. The van der Waals surface area contributed by atoms with Crippen molar-refractivity contribution in [1.82, 2.24) is 4.57 Å². The van der Waals surface area contributed by atoms with Gasteiger partial charge in [0, 0.05) is 35.2 Å². The fraction of sp³-hybridized carbons (Fsp3) is 0.273. The van der Waals surface area contributed by atoms with Gasteiger partial charge in [0.15, 0.2) is 0 Å². The maximum absolute atomic E-state index is 9.70. The number of aliphatic hydroxyl groups excluding tert-OH is 1. The summed E-state index contributed by atoms with van der Waals surface area (Å²) in [4.78, 5) is 0. The van der Waals surface area contributed by atoms with Crippen molar-refractivity contribution < 1.29 is 5.11 Å². The van der Waals surface area contributed by atoms with E-state index in [1.54, 1.807) is 0 Å². The van der Waals surface area contributed by atoms with Gasteiger partial charge in [-0.15, -0.1) is 0 Å². The largest absolute Gasteiger partial charge is 0.386 e. The topological polar surface area (TPSA) is 51.2 Å². The van der Waals surface area contributed by atoms with Crippen LogP contribution in [0.15, 0.2) is 24.3 Å². The summed E-state index contributed by atoms with van der Waals surface area (Å²) in [6.45, 7) is 0.220. The fourth-order valence-electron chi connectivity index (χ4n) is 1.77. The average Bonchev–Trinajstić information content (AvgIpc) is 2.55. The molecule has 1 atom stereocenters. The molecule has 1 aromatic carbocycles. The number of aromatic nitrogens is 1. The summed E-state index contributed by atoms with van der Waals surface area (Å²) in [5.74, 6) is 0. The van der Waals surface area contributed by atoms with Gasteiger partial charge in [0.05, 0.1) is 0 Å². The van der Waals surface area contributed by atoms with Crippen molar-refractivity contribution in [3.8, 4) is 0 Å². The SMILES string of the molecule is Cn1c(C(O)CN)cc2ccc(Cl)cc21. The molecular weight excluding hydrogens is 212 g/mol. The molecular formula is C11H13ClN2O. The summed E-state index contributed by atoms with van der Waals surface area (Å²) >= 11 is 5.91. The zero-order valence-electron chi connectivity index (χ0n) is 8.44. The van der Waals surface area contributed by atoms with Gasteiger partial charge in [0.1, 0.15) is 6.10 Å². The van der Waals surface area contributed by atoms with E-state index in [0.717, 1.165) is 16.6 Å². The standard InChI is InChI=1S/C11H13ClN2O/c1-14-9-5-8(12)3-2-7(9)4-10(14)11(15)6-13/h2-5,11,15H,6,13H2,1H3. The molecule has 0 aliphatic carbocycles. The number of hydrogen-bond donors (Lipinski definition) is 2. The lowest BCUT2D eigenvalue weighted by Gasteiger charge is -2.09. The number of fused-ring (bicyclic) bond motifs is 1. The quantitative estimate of drug-likeness (QED) is 0.818. The summed E-state index contributed by atoms with van der Waals surface area (Å²) in [7, 11) is 1.90. The van der Waals surface area contributed by atoms with E-state index in [1.807, 2.05) is 35.9 Å². The van der Waals surface area contributed by atoms with Gasteiger partial charge in [-0.3, -0.25) is 0 Å². The van der Waals surface area contributed by atoms with Crippen molar-refractivity contribution >= 4 is 22.5 Å². The molecule has 0 saturated heterocycles.